The molecule has 1 fully saturated rings. The first-order valence-corrected chi connectivity index (χ1v) is 9.47. The summed E-state index contributed by atoms with van der Waals surface area (Å²) >= 11 is 0. The van der Waals surface area contributed by atoms with Crippen LogP contribution in [0.5, 0.6) is 0 Å². The van der Waals surface area contributed by atoms with Crippen molar-refractivity contribution >= 4 is 11.8 Å². The number of nitrogens with one attached hydrogen (secondary N) is 2. The number of amides is 2. The van der Waals surface area contributed by atoms with Crippen molar-refractivity contribution in [1.82, 2.24) is 30.4 Å². The van der Waals surface area contributed by atoms with Gasteiger partial charge in [-0.25, -0.2) is 4.98 Å². The van der Waals surface area contributed by atoms with E-state index < -0.39 is 0 Å². The van der Waals surface area contributed by atoms with Gasteiger partial charge in [-0.2, -0.15) is 5.10 Å². The Morgan fingerprint density at radius 1 is 1.17 bits per heavy atom. The highest BCUT2D eigenvalue weighted by atomic mass is 16.2. The van der Waals surface area contributed by atoms with Crippen molar-refractivity contribution in [3.8, 4) is 11.4 Å². The smallest absolute Gasteiger partial charge is 0.255 e. The average molecular weight is 390 g/mol. The van der Waals surface area contributed by atoms with Crippen LogP contribution in [0.2, 0.25) is 0 Å². The van der Waals surface area contributed by atoms with E-state index >= 15 is 0 Å². The summed E-state index contributed by atoms with van der Waals surface area (Å²) in [5, 5.41) is 10.3. The van der Waals surface area contributed by atoms with Crippen LogP contribution in [0.1, 0.15) is 34.6 Å². The molecule has 29 heavy (non-hydrogen) atoms. The summed E-state index contributed by atoms with van der Waals surface area (Å²) in [5.74, 6) is 0.826. The Labute approximate surface area is 168 Å². The minimum absolute atomic E-state index is 0.101. The van der Waals surface area contributed by atoms with Gasteiger partial charge < -0.3 is 10.2 Å². The van der Waals surface area contributed by atoms with Crippen molar-refractivity contribution < 1.29 is 9.59 Å². The van der Waals surface area contributed by atoms with E-state index in [2.05, 4.69) is 25.5 Å². The number of benzene rings is 1. The molecule has 0 aliphatic carbocycles. The maximum Gasteiger partial charge on any atom is 0.255 e. The van der Waals surface area contributed by atoms with Crippen molar-refractivity contribution in [1.29, 1.82) is 0 Å². The highest BCUT2D eigenvalue weighted by Crippen LogP contribution is 2.28. The standard InChI is InChI=1S/C21H22N6O2/c1-13-8-9-22-10-16(13)21(29)27-11-17(18(12-27)23-14(2)28)20-24-19(25-26-20)15-6-4-3-5-7-15/h3-10,17-18H,11-12H2,1-2H3,(H,23,28)(H,24,25,26)/t17-,18-/m1/s1. The van der Waals surface area contributed by atoms with Crippen LogP contribution >= 0.6 is 0 Å². The summed E-state index contributed by atoms with van der Waals surface area (Å²) in [6.07, 6.45) is 3.25. The Morgan fingerprint density at radius 3 is 2.69 bits per heavy atom. The van der Waals surface area contributed by atoms with E-state index in [0.717, 1.165) is 11.1 Å². The lowest BCUT2D eigenvalue weighted by Gasteiger charge is -2.17. The number of carbonyl (C=O) groups excluding carboxylic acids is 2. The molecule has 2 amide bonds. The first kappa shape index (κ1) is 18.8. The lowest BCUT2D eigenvalue weighted by molar-refractivity contribution is -0.119. The largest absolute Gasteiger partial charge is 0.351 e. The first-order valence-electron chi connectivity index (χ1n) is 9.47. The highest BCUT2D eigenvalue weighted by Gasteiger charge is 2.39. The lowest BCUT2D eigenvalue weighted by Crippen LogP contribution is -2.39. The van der Waals surface area contributed by atoms with Gasteiger partial charge in [0.1, 0.15) is 5.82 Å². The summed E-state index contributed by atoms with van der Waals surface area (Å²) in [4.78, 5) is 35.2. The van der Waals surface area contributed by atoms with E-state index in [1.165, 1.54) is 6.92 Å². The van der Waals surface area contributed by atoms with Crippen LogP contribution in [0.4, 0.5) is 0 Å². The molecule has 1 aliphatic rings. The molecule has 1 saturated heterocycles. The number of aromatic nitrogens is 4. The van der Waals surface area contributed by atoms with Crippen LogP contribution in [0, 0.1) is 6.92 Å². The molecule has 2 atom stereocenters. The molecule has 4 rings (SSSR count). The van der Waals surface area contributed by atoms with E-state index in [1.54, 1.807) is 17.3 Å². The maximum atomic E-state index is 13.0. The zero-order valence-corrected chi connectivity index (χ0v) is 16.3. The normalized spacial score (nSPS) is 18.6. The van der Waals surface area contributed by atoms with Gasteiger partial charge in [-0.1, -0.05) is 30.3 Å². The lowest BCUT2D eigenvalue weighted by atomic mass is 10.0. The third kappa shape index (κ3) is 3.87. The van der Waals surface area contributed by atoms with Crippen molar-refractivity contribution in [3.63, 3.8) is 0 Å². The molecule has 0 bridgehead atoms. The molecular formula is C21H22N6O2. The van der Waals surface area contributed by atoms with Crippen LogP contribution in [-0.2, 0) is 4.79 Å². The fraction of sp³-hybridized carbons (Fsp3) is 0.286. The zero-order valence-electron chi connectivity index (χ0n) is 16.3. The minimum Gasteiger partial charge on any atom is -0.351 e. The molecule has 8 heteroatoms. The van der Waals surface area contributed by atoms with Gasteiger partial charge in [0.25, 0.3) is 5.91 Å². The van der Waals surface area contributed by atoms with Crippen LogP contribution in [-0.4, -0.2) is 56.0 Å². The molecular weight excluding hydrogens is 368 g/mol. The quantitative estimate of drug-likeness (QED) is 0.708. The second-order valence-electron chi connectivity index (χ2n) is 7.22. The van der Waals surface area contributed by atoms with E-state index in [9.17, 15) is 9.59 Å². The van der Waals surface area contributed by atoms with Gasteiger partial charge in [-0.3, -0.25) is 19.7 Å². The number of carbonyl (C=O) groups is 2. The summed E-state index contributed by atoms with van der Waals surface area (Å²) in [6, 6.07) is 11.2. The van der Waals surface area contributed by atoms with E-state index in [1.807, 2.05) is 43.3 Å². The van der Waals surface area contributed by atoms with Gasteiger partial charge in [0, 0.05) is 38.0 Å². The summed E-state index contributed by atoms with van der Waals surface area (Å²) in [6.45, 7) is 4.19. The fourth-order valence-corrected chi connectivity index (χ4v) is 3.67. The summed E-state index contributed by atoms with van der Waals surface area (Å²) in [7, 11) is 0. The van der Waals surface area contributed by atoms with Gasteiger partial charge in [0.05, 0.1) is 17.5 Å². The third-order valence-corrected chi connectivity index (χ3v) is 5.15. The Hall–Kier alpha value is -3.55. The number of likely N-dealkylation sites (tertiary alicyclic amines) is 1. The molecule has 3 aromatic rings. The number of rotatable bonds is 4. The summed E-state index contributed by atoms with van der Waals surface area (Å²) in [5.41, 5.74) is 2.34. The molecule has 0 spiro atoms. The topological polar surface area (TPSA) is 104 Å². The van der Waals surface area contributed by atoms with Gasteiger partial charge in [-0.05, 0) is 18.6 Å². The molecule has 148 valence electrons. The Balaban J connectivity index is 1.60. The monoisotopic (exact) mass is 390 g/mol. The fourth-order valence-electron chi connectivity index (χ4n) is 3.67. The molecule has 1 aliphatic heterocycles. The number of pyridine rings is 1. The van der Waals surface area contributed by atoms with E-state index in [4.69, 9.17) is 0 Å². The van der Waals surface area contributed by atoms with Crippen molar-refractivity contribution in [2.45, 2.75) is 25.8 Å². The summed E-state index contributed by atoms with van der Waals surface area (Å²) < 4.78 is 0. The van der Waals surface area contributed by atoms with Gasteiger partial charge in [0.15, 0.2) is 5.82 Å². The number of hydrogen-bond donors (Lipinski definition) is 2. The average Bonchev–Trinajstić information content (AvgIpc) is 3.35. The van der Waals surface area contributed by atoms with Crippen LogP contribution in [0.3, 0.4) is 0 Å². The molecule has 2 N–H and O–H groups in total. The predicted octanol–water partition coefficient (Wildman–Crippen LogP) is 1.92. The molecule has 3 heterocycles. The number of aromatic amines is 1. The highest BCUT2D eigenvalue weighted by molar-refractivity contribution is 5.95. The van der Waals surface area contributed by atoms with Crippen molar-refractivity contribution in [2.24, 2.45) is 0 Å². The molecule has 0 saturated carbocycles. The number of nitrogens with zero attached hydrogens (tertiary/aromatic N) is 4. The minimum atomic E-state index is -0.245. The van der Waals surface area contributed by atoms with Gasteiger partial charge >= 0.3 is 0 Å². The number of hydrogen-bond acceptors (Lipinski definition) is 5. The van der Waals surface area contributed by atoms with Crippen LogP contribution < -0.4 is 5.32 Å². The molecule has 2 aromatic heterocycles. The first-order chi connectivity index (χ1) is 14.0. The third-order valence-electron chi connectivity index (χ3n) is 5.15. The second kappa shape index (κ2) is 7.83. The van der Waals surface area contributed by atoms with Gasteiger partial charge in [0.2, 0.25) is 5.91 Å². The SMILES string of the molecule is CC(=O)N[C@@H]1CN(C(=O)c2cnccc2C)C[C@H]1c1nc(-c2ccccc2)n[nH]1. The Kier molecular flexibility index (Phi) is 5.07. The van der Waals surface area contributed by atoms with E-state index in [0.29, 0.717) is 30.3 Å². The Morgan fingerprint density at radius 2 is 1.97 bits per heavy atom. The maximum absolute atomic E-state index is 13.0. The van der Waals surface area contributed by atoms with Crippen LogP contribution in [0.25, 0.3) is 11.4 Å². The van der Waals surface area contributed by atoms with Crippen molar-refractivity contribution in [3.05, 3.63) is 65.7 Å². The van der Waals surface area contributed by atoms with Gasteiger partial charge in [-0.15, -0.1) is 0 Å². The molecule has 8 nitrogen and oxygen atoms in total. The zero-order chi connectivity index (χ0) is 20.4. The second-order valence-corrected chi connectivity index (χ2v) is 7.22. The van der Waals surface area contributed by atoms with Crippen LogP contribution in [0.15, 0.2) is 48.8 Å². The molecule has 1 aromatic carbocycles. The number of aryl methyl sites for hydroxylation is 1. The molecule has 0 radical (unpaired) electrons. The van der Waals surface area contributed by atoms with Crippen molar-refractivity contribution in [2.75, 3.05) is 13.1 Å². The number of H-pyrrole nitrogens is 1. The predicted molar refractivity (Wildman–Crippen MR) is 107 cm³/mol. The Bertz CT molecular complexity index is 1030. The molecule has 0 unspecified atom stereocenters. The van der Waals surface area contributed by atoms with E-state index in [-0.39, 0.29) is 23.8 Å².